The van der Waals surface area contributed by atoms with Crippen LogP contribution < -0.4 is 15.4 Å². The van der Waals surface area contributed by atoms with E-state index in [1.165, 1.54) is 0 Å². The zero-order chi connectivity index (χ0) is 19.5. The third kappa shape index (κ3) is 3.78. The molecule has 0 spiro atoms. The summed E-state index contributed by atoms with van der Waals surface area (Å²) in [4.78, 5) is 12.3. The highest BCUT2D eigenvalue weighted by molar-refractivity contribution is 5.97. The lowest BCUT2D eigenvalue weighted by Gasteiger charge is -2.12. The number of hydrogen-bond acceptors (Lipinski definition) is 6. The van der Waals surface area contributed by atoms with Crippen molar-refractivity contribution in [2.45, 2.75) is 26.4 Å². The van der Waals surface area contributed by atoms with Crippen molar-refractivity contribution in [3.8, 4) is 5.75 Å². The number of benzene rings is 2. The zero-order valence-electron chi connectivity index (χ0n) is 15.8. The largest absolute Gasteiger partial charge is 0.494 e. The number of hydrazone groups is 1. The fraction of sp³-hybridized carbons (Fsp3) is 0.238. The minimum Gasteiger partial charge on any atom is -0.494 e. The van der Waals surface area contributed by atoms with Crippen molar-refractivity contribution < 1.29 is 14.3 Å². The summed E-state index contributed by atoms with van der Waals surface area (Å²) in [7, 11) is 0. The van der Waals surface area contributed by atoms with Crippen molar-refractivity contribution in [2.75, 3.05) is 11.9 Å². The molecule has 0 aromatic heterocycles. The number of carbonyl (C=O) groups excluding carboxylic acids is 1. The maximum Gasteiger partial charge on any atom is 0.246 e. The monoisotopic (exact) mass is 378 g/mol. The van der Waals surface area contributed by atoms with E-state index in [4.69, 9.17) is 9.47 Å². The van der Waals surface area contributed by atoms with Crippen LogP contribution in [0.1, 0.15) is 25.0 Å². The molecule has 0 saturated carbocycles. The molecule has 2 aliphatic rings. The molecule has 1 atom stereocenters. The summed E-state index contributed by atoms with van der Waals surface area (Å²) in [5, 5.41) is 12.3. The topological polar surface area (TPSA) is 75.2 Å². The Hall–Kier alpha value is -3.48. The molecule has 2 aliphatic heterocycles. The lowest BCUT2D eigenvalue weighted by atomic mass is 10.1. The van der Waals surface area contributed by atoms with Gasteiger partial charge in [0.2, 0.25) is 17.7 Å². The van der Waals surface area contributed by atoms with E-state index in [0.717, 1.165) is 22.6 Å². The maximum atomic E-state index is 12.3. The van der Waals surface area contributed by atoms with Gasteiger partial charge in [0, 0.05) is 11.3 Å². The highest BCUT2D eigenvalue weighted by Gasteiger charge is 2.31. The molecule has 28 heavy (non-hydrogen) atoms. The molecule has 7 heteroatoms. The van der Waals surface area contributed by atoms with E-state index >= 15 is 0 Å². The molecule has 0 bridgehead atoms. The highest BCUT2D eigenvalue weighted by atomic mass is 16.5. The zero-order valence-corrected chi connectivity index (χ0v) is 15.8. The predicted molar refractivity (Wildman–Crippen MR) is 107 cm³/mol. The van der Waals surface area contributed by atoms with Gasteiger partial charge in [-0.3, -0.25) is 4.79 Å². The molecule has 4 rings (SSSR count). The van der Waals surface area contributed by atoms with Gasteiger partial charge in [-0.2, -0.15) is 0 Å². The second kappa shape index (κ2) is 7.64. The van der Waals surface area contributed by atoms with Gasteiger partial charge in [0.25, 0.3) is 0 Å². The van der Waals surface area contributed by atoms with Crippen LogP contribution in [0.4, 0.5) is 5.69 Å². The van der Waals surface area contributed by atoms with E-state index in [2.05, 4.69) is 15.7 Å². The van der Waals surface area contributed by atoms with Gasteiger partial charge in [0.15, 0.2) is 0 Å². The Kier molecular flexibility index (Phi) is 4.89. The number of carbonyl (C=O) groups is 1. The van der Waals surface area contributed by atoms with E-state index in [-0.39, 0.29) is 12.1 Å². The number of hydrogen-bond donors (Lipinski definition) is 2. The number of amides is 1. The van der Waals surface area contributed by atoms with Crippen LogP contribution in [0.25, 0.3) is 0 Å². The van der Waals surface area contributed by atoms with Gasteiger partial charge in [0.05, 0.1) is 19.2 Å². The van der Waals surface area contributed by atoms with E-state index in [9.17, 15) is 4.79 Å². The lowest BCUT2D eigenvalue weighted by Crippen LogP contribution is -2.28. The average Bonchev–Trinajstić information content (AvgIpc) is 3.26. The molecule has 2 aromatic rings. The summed E-state index contributed by atoms with van der Waals surface area (Å²) < 4.78 is 11.2. The molecule has 144 valence electrons. The SMILES string of the molecule is CCOc1ccc(CC(=O)Nc2ccc(C3=NN4C(=CNC4C)O3)cc2)cc1. The van der Waals surface area contributed by atoms with Crippen LogP contribution in [0, 0.1) is 0 Å². The third-order valence-electron chi connectivity index (χ3n) is 4.46. The fourth-order valence-electron chi connectivity index (χ4n) is 3.02. The number of anilines is 1. The van der Waals surface area contributed by atoms with E-state index < -0.39 is 0 Å². The molecular formula is C21H22N4O3. The third-order valence-corrected chi connectivity index (χ3v) is 4.46. The average molecular weight is 378 g/mol. The Labute approximate surface area is 163 Å². The molecule has 0 radical (unpaired) electrons. The predicted octanol–water partition coefficient (Wildman–Crippen LogP) is 3.01. The molecule has 7 nitrogen and oxygen atoms in total. The molecule has 0 saturated heterocycles. The van der Waals surface area contributed by atoms with Gasteiger partial charge in [-0.25, -0.2) is 5.01 Å². The van der Waals surface area contributed by atoms with Crippen molar-refractivity contribution >= 4 is 17.5 Å². The summed E-state index contributed by atoms with van der Waals surface area (Å²) in [5.41, 5.74) is 2.52. The number of nitrogens with one attached hydrogen (secondary N) is 2. The lowest BCUT2D eigenvalue weighted by molar-refractivity contribution is -0.115. The van der Waals surface area contributed by atoms with Gasteiger partial charge in [0.1, 0.15) is 11.9 Å². The molecule has 0 aliphatic carbocycles. The first-order valence-electron chi connectivity index (χ1n) is 9.26. The van der Waals surface area contributed by atoms with Crippen molar-refractivity contribution in [3.05, 3.63) is 71.7 Å². The molecule has 1 amide bonds. The van der Waals surface area contributed by atoms with Crippen molar-refractivity contribution in [1.29, 1.82) is 0 Å². The van der Waals surface area contributed by atoms with Crippen LogP contribution in [0.2, 0.25) is 0 Å². The Balaban J connectivity index is 1.35. The van der Waals surface area contributed by atoms with E-state index in [1.54, 1.807) is 11.2 Å². The quantitative estimate of drug-likeness (QED) is 0.808. The minimum absolute atomic E-state index is 0.0722. The first-order valence-corrected chi connectivity index (χ1v) is 9.26. The van der Waals surface area contributed by atoms with E-state index in [1.807, 2.05) is 62.4 Å². The van der Waals surface area contributed by atoms with Gasteiger partial charge < -0.3 is 20.1 Å². The molecule has 2 heterocycles. The van der Waals surface area contributed by atoms with Gasteiger partial charge in [-0.1, -0.05) is 12.1 Å². The van der Waals surface area contributed by atoms with Crippen LogP contribution in [-0.4, -0.2) is 29.6 Å². The van der Waals surface area contributed by atoms with Gasteiger partial charge >= 0.3 is 0 Å². The molecule has 2 aromatic carbocycles. The van der Waals surface area contributed by atoms with Crippen molar-refractivity contribution in [2.24, 2.45) is 5.10 Å². The van der Waals surface area contributed by atoms with Crippen LogP contribution in [-0.2, 0) is 16.0 Å². The van der Waals surface area contributed by atoms with E-state index in [0.29, 0.717) is 24.8 Å². The summed E-state index contributed by atoms with van der Waals surface area (Å²) in [6.07, 6.45) is 2.18. The molecule has 1 unspecified atom stereocenters. The van der Waals surface area contributed by atoms with Crippen LogP contribution >= 0.6 is 0 Å². The number of rotatable bonds is 6. The van der Waals surface area contributed by atoms with Crippen LogP contribution in [0.5, 0.6) is 5.75 Å². The van der Waals surface area contributed by atoms with Crippen molar-refractivity contribution in [1.82, 2.24) is 10.3 Å². The molecule has 0 fully saturated rings. The summed E-state index contributed by atoms with van der Waals surface area (Å²) >= 11 is 0. The number of nitrogens with zero attached hydrogens (tertiary/aromatic N) is 2. The first-order chi connectivity index (χ1) is 13.6. The fourth-order valence-corrected chi connectivity index (χ4v) is 3.02. The second-order valence-electron chi connectivity index (χ2n) is 6.56. The standard InChI is InChI=1S/C21H22N4O3/c1-3-27-18-10-4-15(5-11-18)12-19(26)23-17-8-6-16(7-9-17)21-24-25-14(2)22-13-20(25)28-21/h4-11,13-14,22H,3,12H2,1-2H3,(H,23,26). The summed E-state index contributed by atoms with van der Waals surface area (Å²) in [6.45, 7) is 4.57. The van der Waals surface area contributed by atoms with Gasteiger partial charge in [-0.15, -0.1) is 5.10 Å². The highest BCUT2D eigenvalue weighted by Crippen LogP contribution is 2.25. The van der Waals surface area contributed by atoms with Crippen LogP contribution in [0.3, 0.4) is 0 Å². The molecular weight excluding hydrogens is 356 g/mol. The Morgan fingerprint density at radius 1 is 1.21 bits per heavy atom. The summed E-state index contributed by atoms with van der Waals surface area (Å²) in [5.74, 6) is 1.97. The second-order valence-corrected chi connectivity index (χ2v) is 6.56. The number of ether oxygens (including phenoxy) is 2. The summed E-state index contributed by atoms with van der Waals surface area (Å²) in [6, 6.07) is 15.0. The van der Waals surface area contributed by atoms with Crippen LogP contribution in [0.15, 0.2) is 65.7 Å². The Morgan fingerprint density at radius 2 is 1.96 bits per heavy atom. The smallest absolute Gasteiger partial charge is 0.246 e. The van der Waals surface area contributed by atoms with Gasteiger partial charge in [-0.05, 0) is 55.8 Å². The Bertz CT molecular complexity index is 920. The van der Waals surface area contributed by atoms with Crippen molar-refractivity contribution in [3.63, 3.8) is 0 Å². The Morgan fingerprint density at radius 3 is 2.64 bits per heavy atom. The number of fused-ring (bicyclic) bond motifs is 1. The maximum absolute atomic E-state index is 12.3. The normalized spacial score (nSPS) is 17.2. The minimum atomic E-state index is -0.0722. The molecule has 2 N–H and O–H groups in total. The first kappa shape index (κ1) is 17.9.